The molecule has 1 N–H and O–H groups in total. The van der Waals surface area contributed by atoms with Crippen LogP contribution in [-0.4, -0.2) is 27.7 Å². The van der Waals surface area contributed by atoms with Gasteiger partial charge in [0.2, 0.25) is 5.82 Å². The summed E-state index contributed by atoms with van der Waals surface area (Å²) in [4.78, 5) is 17.6. The Balaban J connectivity index is 2.51. The molecular weight excluding hydrogens is 184 g/mol. The van der Waals surface area contributed by atoms with Crippen LogP contribution in [0, 0.1) is 0 Å². The number of unbranched alkanes of at least 4 members (excludes halogenated alkanes) is 1. The quantitative estimate of drug-likeness (QED) is 0.719. The van der Waals surface area contributed by atoms with E-state index in [1.807, 2.05) is 0 Å². The Bertz CT molecular complexity index is 297. The number of aromatic nitrogens is 2. The van der Waals surface area contributed by atoms with Gasteiger partial charge in [-0.15, -0.1) is 0 Å². The maximum atomic E-state index is 10.4. The van der Waals surface area contributed by atoms with Gasteiger partial charge in [0.25, 0.3) is 0 Å². The van der Waals surface area contributed by atoms with Crippen LogP contribution < -0.4 is 4.74 Å². The van der Waals surface area contributed by atoms with Crippen LogP contribution in [0.2, 0.25) is 0 Å². The lowest BCUT2D eigenvalue weighted by atomic mass is 10.4. The molecule has 5 nitrogen and oxygen atoms in total. The van der Waals surface area contributed by atoms with Crippen molar-refractivity contribution in [2.45, 2.75) is 19.8 Å². The average Bonchev–Trinajstić information content (AvgIpc) is 2.19. The van der Waals surface area contributed by atoms with Crippen molar-refractivity contribution < 1.29 is 14.6 Å². The van der Waals surface area contributed by atoms with E-state index in [2.05, 4.69) is 16.9 Å². The molecule has 0 aliphatic heterocycles. The molecule has 0 unspecified atom stereocenters. The van der Waals surface area contributed by atoms with E-state index in [0.717, 1.165) is 12.8 Å². The van der Waals surface area contributed by atoms with Gasteiger partial charge in [-0.05, 0) is 6.42 Å². The minimum atomic E-state index is -1.13. The third-order valence-corrected chi connectivity index (χ3v) is 1.59. The van der Waals surface area contributed by atoms with Gasteiger partial charge in [0, 0.05) is 0 Å². The third kappa shape index (κ3) is 3.01. The first kappa shape index (κ1) is 10.4. The first-order chi connectivity index (χ1) is 6.74. The van der Waals surface area contributed by atoms with Gasteiger partial charge in [-0.25, -0.2) is 14.8 Å². The maximum absolute atomic E-state index is 10.4. The van der Waals surface area contributed by atoms with Gasteiger partial charge in [0.15, 0.2) is 5.75 Å². The second-order valence-corrected chi connectivity index (χ2v) is 2.75. The molecule has 76 valence electrons. The predicted octanol–water partition coefficient (Wildman–Crippen LogP) is 1.35. The van der Waals surface area contributed by atoms with Gasteiger partial charge < -0.3 is 9.84 Å². The second kappa shape index (κ2) is 5.16. The monoisotopic (exact) mass is 196 g/mol. The van der Waals surface area contributed by atoms with E-state index >= 15 is 0 Å². The Morgan fingerprint density at radius 2 is 2.14 bits per heavy atom. The van der Waals surface area contributed by atoms with Crippen LogP contribution in [0.5, 0.6) is 5.75 Å². The summed E-state index contributed by atoms with van der Waals surface area (Å²) in [6.07, 6.45) is 4.74. The second-order valence-electron chi connectivity index (χ2n) is 2.75. The molecule has 0 radical (unpaired) electrons. The van der Waals surface area contributed by atoms with Crippen molar-refractivity contribution >= 4 is 5.97 Å². The molecule has 1 rings (SSSR count). The summed E-state index contributed by atoms with van der Waals surface area (Å²) in [5.74, 6) is -0.846. The predicted molar refractivity (Wildman–Crippen MR) is 49.4 cm³/mol. The summed E-state index contributed by atoms with van der Waals surface area (Å²) in [5, 5.41) is 8.52. The van der Waals surface area contributed by atoms with E-state index in [-0.39, 0.29) is 5.82 Å². The first-order valence-electron chi connectivity index (χ1n) is 4.42. The average molecular weight is 196 g/mol. The van der Waals surface area contributed by atoms with Gasteiger partial charge in [-0.3, -0.25) is 0 Å². The van der Waals surface area contributed by atoms with Crippen molar-refractivity contribution in [3.8, 4) is 5.75 Å². The molecular formula is C9H12N2O3. The van der Waals surface area contributed by atoms with Crippen LogP contribution in [0.25, 0.3) is 0 Å². The zero-order valence-corrected chi connectivity index (χ0v) is 7.93. The molecule has 5 heteroatoms. The van der Waals surface area contributed by atoms with E-state index in [1.165, 1.54) is 12.4 Å². The molecule has 1 heterocycles. The van der Waals surface area contributed by atoms with E-state index in [4.69, 9.17) is 9.84 Å². The molecule has 14 heavy (non-hydrogen) atoms. The van der Waals surface area contributed by atoms with Crippen LogP contribution in [0.15, 0.2) is 12.4 Å². The summed E-state index contributed by atoms with van der Waals surface area (Å²) < 4.78 is 5.26. The topological polar surface area (TPSA) is 72.3 Å². The van der Waals surface area contributed by atoms with E-state index in [1.54, 1.807) is 0 Å². The summed E-state index contributed by atoms with van der Waals surface area (Å²) in [7, 11) is 0. The number of hydrogen-bond acceptors (Lipinski definition) is 4. The molecule has 0 aliphatic carbocycles. The highest BCUT2D eigenvalue weighted by atomic mass is 16.5. The lowest BCUT2D eigenvalue weighted by molar-refractivity contribution is 0.0683. The zero-order valence-electron chi connectivity index (χ0n) is 7.93. The maximum Gasteiger partial charge on any atom is 0.373 e. The summed E-state index contributed by atoms with van der Waals surface area (Å²) >= 11 is 0. The van der Waals surface area contributed by atoms with E-state index in [0.29, 0.717) is 12.4 Å². The van der Waals surface area contributed by atoms with E-state index < -0.39 is 5.97 Å². The molecule has 0 fully saturated rings. The Labute approximate surface area is 81.8 Å². The minimum Gasteiger partial charge on any atom is -0.490 e. The van der Waals surface area contributed by atoms with Crippen molar-refractivity contribution in [2.75, 3.05) is 6.61 Å². The largest absolute Gasteiger partial charge is 0.490 e. The summed E-state index contributed by atoms with van der Waals surface area (Å²) in [6, 6.07) is 0. The number of hydrogen-bond donors (Lipinski definition) is 1. The number of carbonyl (C=O) groups is 1. The minimum absolute atomic E-state index is 0.215. The fourth-order valence-corrected chi connectivity index (χ4v) is 0.836. The zero-order chi connectivity index (χ0) is 10.4. The highest BCUT2D eigenvalue weighted by Crippen LogP contribution is 2.06. The number of carboxylic acids is 1. The van der Waals surface area contributed by atoms with Crippen molar-refractivity contribution in [1.82, 2.24) is 9.97 Å². The summed E-state index contributed by atoms with van der Waals surface area (Å²) in [6.45, 7) is 2.67. The standard InChI is InChI=1S/C9H12N2O3/c1-2-3-4-14-7-5-10-8(9(12)13)11-6-7/h5-6H,2-4H2,1H3,(H,12,13). The normalized spacial score (nSPS) is 9.79. The molecule has 0 bridgehead atoms. The molecule has 0 saturated heterocycles. The van der Waals surface area contributed by atoms with Gasteiger partial charge in [-0.2, -0.15) is 0 Å². The van der Waals surface area contributed by atoms with Crippen LogP contribution >= 0.6 is 0 Å². The summed E-state index contributed by atoms with van der Waals surface area (Å²) in [5.41, 5.74) is 0. The van der Waals surface area contributed by atoms with Crippen molar-refractivity contribution in [2.24, 2.45) is 0 Å². The third-order valence-electron chi connectivity index (χ3n) is 1.59. The van der Waals surface area contributed by atoms with Crippen molar-refractivity contribution in [3.63, 3.8) is 0 Å². The van der Waals surface area contributed by atoms with Crippen molar-refractivity contribution in [3.05, 3.63) is 18.2 Å². The Morgan fingerprint density at radius 3 is 2.64 bits per heavy atom. The highest BCUT2D eigenvalue weighted by Gasteiger charge is 2.05. The number of carboxylic acid groups (broad SMARTS) is 1. The first-order valence-corrected chi connectivity index (χ1v) is 4.42. The lowest BCUT2D eigenvalue weighted by Gasteiger charge is -2.03. The number of aromatic carboxylic acids is 1. The molecule has 0 atom stereocenters. The molecule has 1 aromatic rings. The molecule has 0 aromatic carbocycles. The van der Waals surface area contributed by atoms with Crippen LogP contribution in [0.3, 0.4) is 0 Å². The van der Waals surface area contributed by atoms with Crippen molar-refractivity contribution in [1.29, 1.82) is 0 Å². The molecule has 1 aromatic heterocycles. The molecule has 0 saturated carbocycles. The SMILES string of the molecule is CCCCOc1cnc(C(=O)O)nc1. The van der Waals surface area contributed by atoms with Gasteiger partial charge >= 0.3 is 5.97 Å². The smallest absolute Gasteiger partial charge is 0.373 e. The Morgan fingerprint density at radius 1 is 1.50 bits per heavy atom. The number of nitrogens with zero attached hydrogens (tertiary/aromatic N) is 2. The number of ether oxygens (including phenoxy) is 1. The number of rotatable bonds is 5. The van der Waals surface area contributed by atoms with Crippen LogP contribution in [-0.2, 0) is 0 Å². The fourth-order valence-electron chi connectivity index (χ4n) is 0.836. The molecule has 0 aliphatic rings. The molecule has 0 amide bonds. The Kier molecular flexibility index (Phi) is 3.84. The van der Waals surface area contributed by atoms with Gasteiger partial charge in [-0.1, -0.05) is 13.3 Å². The van der Waals surface area contributed by atoms with Gasteiger partial charge in [0.05, 0.1) is 19.0 Å². The Hall–Kier alpha value is -1.65. The molecule has 0 spiro atoms. The van der Waals surface area contributed by atoms with Crippen LogP contribution in [0.4, 0.5) is 0 Å². The van der Waals surface area contributed by atoms with E-state index in [9.17, 15) is 4.79 Å². The fraction of sp³-hybridized carbons (Fsp3) is 0.444. The van der Waals surface area contributed by atoms with Crippen LogP contribution in [0.1, 0.15) is 30.4 Å². The lowest BCUT2D eigenvalue weighted by Crippen LogP contribution is -2.04. The highest BCUT2D eigenvalue weighted by molar-refractivity contribution is 5.82. The van der Waals surface area contributed by atoms with Gasteiger partial charge in [0.1, 0.15) is 0 Å².